The second-order valence-electron chi connectivity index (χ2n) is 9.83. The minimum absolute atomic E-state index is 0.00153. The van der Waals surface area contributed by atoms with Crippen LogP contribution < -0.4 is 5.32 Å². The molecule has 184 valence electrons. The number of carbonyl (C=O) groups is 2. The topological polar surface area (TPSA) is 49.4 Å². The Kier molecular flexibility index (Phi) is 8.98. The fourth-order valence-electron chi connectivity index (χ4n) is 3.85. The van der Waals surface area contributed by atoms with Crippen LogP contribution in [0.4, 0.5) is 0 Å². The van der Waals surface area contributed by atoms with Crippen LogP contribution in [0.1, 0.15) is 43.0 Å². The Morgan fingerprint density at radius 1 is 0.857 bits per heavy atom. The quantitative estimate of drug-likeness (QED) is 0.381. The van der Waals surface area contributed by atoms with E-state index in [1.54, 1.807) is 23.1 Å². The number of nitrogens with zero attached hydrogens (tertiary/aromatic N) is 1. The number of nitrogens with one attached hydrogen (secondary N) is 1. The van der Waals surface area contributed by atoms with Crippen LogP contribution in [0.5, 0.6) is 0 Å². The second-order valence-corrected chi connectivity index (χ2v) is 10.6. The molecule has 0 saturated heterocycles. The van der Waals surface area contributed by atoms with Gasteiger partial charge in [0, 0.05) is 28.5 Å². The molecule has 2 amide bonds. The Morgan fingerprint density at radius 3 is 2.03 bits per heavy atom. The highest BCUT2D eigenvalue weighted by Crippen LogP contribution is 2.26. The largest absolute Gasteiger partial charge is 0.350 e. The Bertz CT molecular complexity index is 1140. The molecule has 0 aliphatic rings. The van der Waals surface area contributed by atoms with Crippen molar-refractivity contribution in [3.05, 3.63) is 105 Å². The van der Waals surface area contributed by atoms with Crippen LogP contribution in [0.25, 0.3) is 0 Å². The number of benzene rings is 3. The molecule has 0 radical (unpaired) electrons. The number of hydrogen-bond acceptors (Lipinski definition) is 2. The zero-order chi connectivity index (χ0) is 25.6. The van der Waals surface area contributed by atoms with Crippen LogP contribution in [-0.4, -0.2) is 28.3 Å². The average molecular weight is 511 g/mol. The molecule has 3 aromatic rings. The molecule has 0 saturated carbocycles. The molecular formula is C29H32Cl2N2O2. The van der Waals surface area contributed by atoms with E-state index < -0.39 is 11.6 Å². The van der Waals surface area contributed by atoms with Gasteiger partial charge < -0.3 is 10.2 Å². The maximum Gasteiger partial charge on any atom is 0.243 e. The van der Waals surface area contributed by atoms with Crippen LogP contribution in [0.2, 0.25) is 10.0 Å². The highest BCUT2D eigenvalue weighted by atomic mass is 35.5. The zero-order valence-electron chi connectivity index (χ0n) is 20.6. The molecule has 3 aromatic carbocycles. The van der Waals surface area contributed by atoms with E-state index in [0.29, 0.717) is 22.0 Å². The van der Waals surface area contributed by atoms with Crippen LogP contribution in [0, 0.1) is 6.92 Å². The number of halogens is 2. The van der Waals surface area contributed by atoms with E-state index in [-0.39, 0.29) is 24.8 Å². The van der Waals surface area contributed by atoms with Gasteiger partial charge in [0.25, 0.3) is 0 Å². The lowest BCUT2D eigenvalue weighted by Gasteiger charge is -2.34. The predicted molar refractivity (Wildman–Crippen MR) is 144 cm³/mol. The third kappa shape index (κ3) is 7.84. The molecule has 0 aliphatic carbocycles. The molecule has 1 N–H and O–H groups in total. The molecule has 0 spiro atoms. The second kappa shape index (κ2) is 11.7. The van der Waals surface area contributed by atoms with Gasteiger partial charge in [-0.15, -0.1) is 0 Å². The van der Waals surface area contributed by atoms with Gasteiger partial charge in [0.05, 0.1) is 6.42 Å². The summed E-state index contributed by atoms with van der Waals surface area (Å²) in [6, 6.07) is 22.2. The standard InChI is InChI=1S/C29H32Cl2N2O2/c1-20-13-15-22(16-14-20)19-33(27(34)18-23-24(30)11-8-12-25(23)31)26(28(35)32-29(2,3)4)17-21-9-6-5-7-10-21/h5-16,26H,17-19H2,1-4H3,(H,32,35). The molecule has 35 heavy (non-hydrogen) atoms. The van der Waals surface area contributed by atoms with Crippen molar-refractivity contribution in [2.45, 2.75) is 58.7 Å². The average Bonchev–Trinajstić information content (AvgIpc) is 2.79. The van der Waals surface area contributed by atoms with Gasteiger partial charge in [0.2, 0.25) is 11.8 Å². The summed E-state index contributed by atoms with van der Waals surface area (Å²) < 4.78 is 0. The van der Waals surface area contributed by atoms with Crippen LogP contribution in [0.3, 0.4) is 0 Å². The predicted octanol–water partition coefficient (Wildman–Crippen LogP) is 6.40. The lowest BCUT2D eigenvalue weighted by molar-refractivity contribution is -0.141. The molecule has 0 bridgehead atoms. The molecule has 0 aromatic heterocycles. The fraction of sp³-hybridized carbons (Fsp3) is 0.310. The van der Waals surface area contributed by atoms with E-state index in [1.807, 2.05) is 82.3 Å². The highest BCUT2D eigenvalue weighted by molar-refractivity contribution is 6.36. The van der Waals surface area contributed by atoms with Gasteiger partial charge in [0.15, 0.2) is 0 Å². The maximum absolute atomic E-state index is 13.8. The summed E-state index contributed by atoms with van der Waals surface area (Å²) in [6.45, 7) is 8.09. The van der Waals surface area contributed by atoms with Crippen molar-refractivity contribution in [2.75, 3.05) is 0 Å². The number of rotatable bonds is 8. The first kappa shape index (κ1) is 26.8. The summed E-state index contributed by atoms with van der Waals surface area (Å²) in [4.78, 5) is 29.1. The van der Waals surface area contributed by atoms with E-state index in [9.17, 15) is 9.59 Å². The van der Waals surface area contributed by atoms with Gasteiger partial charge in [0.1, 0.15) is 6.04 Å². The SMILES string of the molecule is Cc1ccc(CN(C(=O)Cc2c(Cl)cccc2Cl)C(Cc2ccccc2)C(=O)NC(C)(C)C)cc1. The Balaban J connectivity index is 2.02. The van der Waals surface area contributed by atoms with Crippen molar-refractivity contribution in [1.29, 1.82) is 0 Å². The third-order valence-corrected chi connectivity index (χ3v) is 6.34. The van der Waals surface area contributed by atoms with Crippen molar-refractivity contribution in [2.24, 2.45) is 0 Å². The lowest BCUT2D eigenvalue weighted by atomic mass is 9.99. The van der Waals surface area contributed by atoms with E-state index in [4.69, 9.17) is 23.2 Å². The number of aryl methyl sites for hydroxylation is 1. The van der Waals surface area contributed by atoms with Crippen LogP contribution >= 0.6 is 23.2 Å². The summed E-state index contributed by atoms with van der Waals surface area (Å²) >= 11 is 12.8. The fourth-order valence-corrected chi connectivity index (χ4v) is 4.38. The van der Waals surface area contributed by atoms with Crippen molar-refractivity contribution in [3.63, 3.8) is 0 Å². The molecule has 6 heteroatoms. The zero-order valence-corrected chi connectivity index (χ0v) is 22.2. The van der Waals surface area contributed by atoms with Gasteiger partial charge in [-0.05, 0) is 56.5 Å². The maximum atomic E-state index is 13.8. The van der Waals surface area contributed by atoms with Gasteiger partial charge in [-0.25, -0.2) is 0 Å². The Hall–Kier alpha value is -2.82. The first-order chi connectivity index (χ1) is 16.5. The number of hydrogen-bond donors (Lipinski definition) is 1. The smallest absolute Gasteiger partial charge is 0.243 e. The molecular weight excluding hydrogens is 479 g/mol. The van der Waals surface area contributed by atoms with Gasteiger partial charge in [-0.1, -0.05) is 89.4 Å². The summed E-state index contributed by atoms with van der Waals surface area (Å²) in [5.41, 5.74) is 3.15. The summed E-state index contributed by atoms with van der Waals surface area (Å²) in [6.07, 6.45) is 0.384. The van der Waals surface area contributed by atoms with Crippen molar-refractivity contribution >= 4 is 35.0 Å². The molecule has 0 fully saturated rings. The van der Waals surface area contributed by atoms with Crippen LogP contribution in [0.15, 0.2) is 72.8 Å². The highest BCUT2D eigenvalue weighted by Gasteiger charge is 2.32. The van der Waals surface area contributed by atoms with E-state index in [0.717, 1.165) is 16.7 Å². The van der Waals surface area contributed by atoms with E-state index in [1.165, 1.54) is 0 Å². The minimum Gasteiger partial charge on any atom is -0.350 e. The molecule has 1 atom stereocenters. The normalized spacial score (nSPS) is 12.2. The van der Waals surface area contributed by atoms with Crippen molar-refractivity contribution in [1.82, 2.24) is 10.2 Å². The molecule has 0 aliphatic heterocycles. The van der Waals surface area contributed by atoms with Crippen molar-refractivity contribution in [3.8, 4) is 0 Å². The van der Waals surface area contributed by atoms with Gasteiger partial charge >= 0.3 is 0 Å². The van der Waals surface area contributed by atoms with Gasteiger partial charge in [-0.2, -0.15) is 0 Å². The molecule has 3 rings (SSSR count). The summed E-state index contributed by atoms with van der Waals surface area (Å²) in [5, 5.41) is 3.93. The number of carbonyl (C=O) groups excluding carboxylic acids is 2. The lowest BCUT2D eigenvalue weighted by Crippen LogP contribution is -2.54. The first-order valence-electron chi connectivity index (χ1n) is 11.7. The van der Waals surface area contributed by atoms with Gasteiger partial charge in [-0.3, -0.25) is 9.59 Å². The molecule has 0 heterocycles. The van der Waals surface area contributed by atoms with E-state index >= 15 is 0 Å². The Labute approximate surface area is 218 Å². The summed E-state index contributed by atoms with van der Waals surface area (Å²) in [5.74, 6) is -0.419. The number of amides is 2. The summed E-state index contributed by atoms with van der Waals surface area (Å²) in [7, 11) is 0. The minimum atomic E-state index is -0.716. The van der Waals surface area contributed by atoms with Crippen molar-refractivity contribution < 1.29 is 9.59 Å². The molecule has 4 nitrogen and oxygen atoms in total. The monoisotopic (exact) mass is 510 g/mol. The third-order valence-electron chi connectivity index (χ3n) is 5.63. The molecule has 1 unspecified atom stereocenters. The Morgan fingerprint density at radius 2 is 1.46 bits per heavy atom. The van der Waals surface area contributed by atoms with Crippen LogP contribution in [-0.2, 0) is 29.0 Å². The first-order valence-corrected chi connectivity index (χ1v) is 12.4. The van der Waals surface area contributed by atoms with E-state index in [2.05, 4.69) is 5.32 Å².